The second-order valence-electron chi connectivity index (χ2n) is 5.21. The summed E-state index contributed by atoms with van der Waals surface area (Å²) in [5.74, 6) is 0. The van der Waals surface area contributed by atoms with E-state index in [1.54, 1.807) is 0 Å². The van der Waals surface area contributed by atoms with Gasteiger partial charge in [0.05, 0.1) is 0 Å². The first-order chi connectivity index (χ1) is 6.98. The second-order valence-corrected chi connectivity index (χ2v) is 5.21. The van der Waals surface area contributed by atoms with E-state index in [1.807, 2.05) is 27.7 Å². The minimum Gasteiger partial charge on any atom is -0.440 e. The van der Waals surface area contributed by atoms with Crippen LogP contribution >= 0.6 is 0 Å². The Bertz CT molecular complexity index is 283. The Morgan fingerprint density at radius 2 is 1.69 bits per heavy atom. The molecule has 0 atom stereocenters. The molecule has 6 heteroatoms. The van der Waals surface area contributed by atoms with Crippen molar-refractivity contribution in [1.29, 1.82) is 0 Å². The highest BCUT2D eigenvalue weighted by atomic mass is 19.4. The molecule has 0 radical (unpaired) electrons. The van der Waals surface area contributed by atoms with Crippen LogP contribution in [0, 0.1) is 10.8 Å². The molecule has 3 nitrogen and oxygen atoms in total. The van der Waals surface area contributed by atoms with E-state index in [2.05, 4.69) is 10.1 Å². The zero-order chi connectivity index (χ0) is 12.8. The van der Waals surface area contributed by atoms with Crippen molar-refractivity contribution in [1.82, 2.24) is 5.32 Å². The number of amides is 1. The Morgan fingerprint density at radius 1 is 1.25 bits per heavy atom. The Hall–Kier alpha value is -0.940. The molecule has 0 saturated heterocycles. The van der Waals surface area contributed by atoms with Gasteiger partial charge in [-0.25, -0.2) is 4.79 Å². The van der Waals surface area contributed by atoms with E-state index in [0.29, 0.717) is 0 Å². The number of rotatable bonds is 2. The second kappa shape index (κ2) is 3.53. The van der Waals surface area contributed by atoms with Gasteiger partial charge in [0.25, 0.3) is 0 Å². The largest absolute Gasteiger partial charge is 0.440 e. The summed E-state index contributed by atoms with van der Waals surface area (Å²) in [5, 5.41) is 2.45. The molecule has 1 rings (SSSR count). The van der Waals surface area contributed by atoms with E-state index in [0.717, 1.165) is 0 Å². The molecule has 94 valence electrons. The number of alkyl halides is 3. The van der Waals surface area contributed by atoms with Crippen molar-refractivity contribution < 1.29 is 22.7 Å². The molecule has 0 spiro atoms. The lowest BCUT2D eigenvalue weighted by Crippen LogP contribution is -2.33. The topological polar surface area (TPSA) is 38.3 Å². The van der Waals surface area contributed by atoms with Crippen LogP contribution in [0.5, 0.6) is 0 Å². The van der Waals surface area contributed by atoms with Gasteiger partial charge in [0, 0.05) is 6.04 Å². The molecule has 1 aliphatic rings. The number of alkyl carbamates (subject to hydrolysis) is 1. The molecule has 0 unspecified atom stereocenters. The van der Waals surface area contributed by atoms with Crippen molar-refractivity contribution >= 4 is 6.09 Å². The average Bonchev–Trinajstić information content (AvgIpc) is 2.43. The molecular formula is C10H16F3NO2. The molecular weight excluding hydrogens is 223 g/mol. The maximum atomic E-state index is 11.8. The van der Waals surface area contributed by atoms with E-state index in [9.17, 15) is 18.0 Å². The summed E-state index contributed by atoms with van der Waals surface area (Å²) in [6, 6.07) is -0.152. The highest BCUT2D eigenvalue weighted by Gasteiger charge is 2.65. The van der Waals surface area contributed by atoms with Gasteiger partial charge in [-0.2, -0.15) is 13.2 Å². The monoisotopic (exact) mass is 239 g/mol. The molecule has 1 N–H and O–H groups in total. The van der Waals surface area contributed by atoms with Gasteiger partial charge in [-0.1, -0.05) is 27.7 Å². The van der Waals surface area contributed by atoms with Gasteiger partial charge in [0.2, 0.25) is 0 Å². The molecule has 0 aliphatic heterocycles. The molecule has 0 aromatic carbocycles. The van der Waals surface area contributed by atoms with Crippen molar-refractivity contribution in [3.8, 4) is 0 Å². The molecule has 1 fully saturated rings. The highest BCUT2D eigenvalue weighted by molar-refractivity contribution is 5.68. The van der Waals surface area contributed by atoms with Crippen molar-refractivity contribution in [2.45, 2.75) is 39.9 Å². The molecule has 0 bridgehead atoms. The van der Waals surface area contributed by atoms with Crippen LogP contribution < -0.4 is 5.32 Å². The molecule has 0 aromatic heterocycles. The fourth-order valence-electron chi connectivity index (χ4n) is 1.86. The van der Waals surface area contributed by atoms with Gasteiger partial charge in [-0.15, -0.1) is 0 Å². The van der Waals surface area contributed by atoms with E-state index < -0.39 is 18.9 Å². The third-order valence-corrected chi connectivity index (χ3v) is 3.65. The lowest BCUT2D eigenvalue weighted by molar-refractivity contribution is -0.160. The average molecular weight is 239 g/mol. The SMILES string of the molecule is CC1(C)C(NC(=O)OCC(F)(F)F)C1(C)C. The van der Waals surface area contributed by atoms with Gasteiger partial charge >= 0.3 is 12.3 Å². The molecule has 1 aliphatic carbocycles. The van der Waals surface area contributed by atoms with Gasteiger partial charge in [-0.3, -0.25) is 0 Å². The molecule has 16 heavy (non-hydrogen) atoms. The summed E-state index contributed by atoms with van der Waals surface area (Å²) >= 11 is 0. The Labute approximate surface area is 92.3 Å². The predicted molar refractivity (Wildman–Crippen MR) is 51.9 cm³/mol. The fourth-order valence-corrected chi connectivity index (χ4v) is 1.86. The van der Waals surface area contributed by atoms with Crippen LogP contribution in [-0.4, -0.2) is 24.9 Å². The fraction of sp³-hybridized carbons (Fsp3) is 0.900. The van der Waals surface area contributed by atoms with Gasteiger partial charge in [0.1, 0.15) is 0 Å². The first kappa shape index (κ1) is 13.1. The van der Waals surface area contributed by atoms with Gasteiger partial charge < -0.3 is 10.1 Å². The van der Waals surface area contributed by atoms with Gasteiger partial charge in [-0.05, 0) is 10.8 Å². The van der Waals surface area contributed by atoms with Crippen molar-refractivity contribution in [2.24, 2.45) is 10.8 Å². The Balaban J connectivity index is 2.38. The van der Waals surface area contributed by atoms with Crippen LogP contribution in [0.2, 0.25) is 0 Å². The summed E-state index contributed by atoms with van der Waals surface area (Å²) < 4.78 is 39.4. The number of hydrogen-bond donors (Lipinski definition) is 1. The third kappa shape index (κ3) is 2.41. The van der Waals surface area contributed by atoms with Crippen LogP contribution in [0.3, 0.4) is 0 Å². The third-order valence-electron chi connectivity index (χ3n) is 3.65. The smallest absolute Gasteiger partial charge is 0.422 e. The maximum Gasteiger partial charge on any atom is 0.422 e. The summed E-state index contributed by atoms with van der Waals surface area (Å²) in [6.07, 6.45) is -5.49. The van der Waals surface area contributed by atoms with Crippen molar-refractivity contribution in [3.05, 3.63) is 0 Å². The zero-order valence-electron chi connectivity index (χ0n) is 9.73. The Kier molecular flexibility index (Phi) is 2.90. The number of hydrogen-bond acceptors (Lipinski definition) is 2. The normalized spacial score (nSPS) is 22.7. The number of nitrogens with one attached hydrogen (secondary N) is 1. The quantitative estimate of drug-likeness (QED) is 0.804. The van der Waals surface area contributed by atoms with Crippen LogP contribution in [0.4, 0.5) is 18.0 Å². The molecule has 0 aromatic rings. The number of carbonyl (C=O) groups excluding carboxylic acids is 1. The first-order valence-electron chi connectivity index (χ1n) is 4.98. The summed E-state index contributed by atoms with van der Waals surface area (Å²) in [4.78, 5) is 11.1. The molecule has 0 heterocycles. The summed E-state index contributed by atoms with van der Waals surface area (Å²) in [7, 11) is 0. The number of halogens is 3. The van der Waals surface area contributed by atoms with Crippen molar-refractivity contribution in [2.75, 3.05) is 6.61 Å². The van der Waals surface area contributed by atoms with Gasteiger partial charge in [0.15, 0.2) is 6.61 Å². The van der Waals surface area contributed by atoms with Crippen molar-refractivity contribution in [3.63, 3.8) is 0 Å². The van der Waals surface area contributed by atoms with E-state index in [4.69, 9.17) is 0 Å². The minimum absolute atomic E-state index is 0.121. The lowest BCUT2D eigenvalue weighted by atomic mass is 10.0. The van der Waals surface area contributed by atoms with Crippen LogP contribution in [0.15, 0.2) is 0 Å². The maximum absolute atomic E-state index is 11.8. The van der Waals surface area contributed by atoms with Crippen LogP contribution in [-0.2, 0) is 4.74 Å². The lowest BCUT2D eigenvalue weighted by Gasteiger charge is -2.09. The number of ether oxygens (including phenoxy) is 1. The van der Waals surface area contributed by atoms with E-state index in [1.165, 1.54) is 0 Å². The summed E-state index contributed by atoms with van der Waals surface area (Å²) in [6.45, 7) is 6.24. The zero-order valence-corrected chi connectivity index (χ0v) is 9.73. The van der Waals surface area contributed by atoms with Crippen LogP contribution in [0.1, 0.15) is 27.7 Å². The standard InChI is InChI=1S/C10H16F3NO2/c1-8(2)6(9(8,3)4)14-7(15)16-5-10(11,12)13/h6H,5H2,1-4H3,(H,14,15). The number of carbonyl (C=O) groups is 1. The highest BCUT2D eigenvalue weighted by Crippen LogP contribution is 2.62. The first-order valence-corrected chi connectivity index (χ1v) is 4.98. The minimum atomic E-state index is -4.48. The van der Waals surface area contributed by atoms with E-state index in [-0.39, 0.29) is 16.9 Å². The van der Waals surface area contributed by atoms with E-state index >= 15 is 0 Å². The summed E-state index contributed by atoms with van der Waals surface area (Å²) in [5.41, 5.74) is -0.242. The predicted octanol–water partition coefficient (Wildman–Crippen LogP) is 2.71. The molecule has 1 saturated carbocycles. The Morgan fingerprint density at radius 3 is 2.00 bits per heavy atom. The van der Waals surface area contributed by atoms with Crippen LogP contribution in [0.25, 0.3) is 0 Å². The molecule has 1 amide bonds.